The molecule has 2 aromatic carbocycles. The molecule has 1 aliphatic carbocycles. The van der Waals surface area contributed by atoms with Crippen LogP contribution in [0.15, 0.2) is 59.5 Å². The SMILES string of the molecule is Cc1ccc(S(=O)(=O)[C@H]2[C@@H](c3ccccc3)[C@@]2(CO)C(=O)O)cc1. The molecular weight excluding hydrogens is 328 g/mol. The first-order valence-corrected chi connectivity index (χ1v) is 9.10. The number of hydrogen-bond acceptors (Lipinski definition) is 4. The summed E-state index contributed by atoms with van der Waals surface area (Å²) in [6.07, 6.45) is 0. The third-order valence-electron chi connectivity index (χ3n) is 4.76. The lowest BCUT2D eigenvalue weighted by molar-refractivity contribution is -0.145. The number of benzene rings is 2. The van der Waals surface area contributed by atoms with E-state index in [4.69, 9.17) is 0 Å². The van der Waals surface area contributed by atoms with E-state index >= 15 is 0 Å². The molecular formula is C18H18O5S. The lowest BCUT2D eigenvalue weighted by atomic mass is 10.0. The van der Waals surface area contributed by atoms with Crippen LogP contribution < -0.4 is 0 Å². The Morgan fingerprint density at radius 2 is 1.67 bits per heavy atom. The van der Waals surface area contributed by atoms with Crippen LogP contribution >= 0.6 is 0 Å². The number of carboxylic acid groups (broad SMARTS) is 1. The highest BCUT2D eigenvalue weighted by molar-refractivity contribution is 7.92. The highest BCUT2D eigenvalue weighted by atomic mass is 32.2. The van der Waals surface area contributed by atoms with Crippen molar-refractivity contribution in [2.45, 2.75) is 23.0 Å². The summed E-state index contributed by atoms with van der Waals surface area (Å²) in [6, 6.07) is 14.9. The lowest BCUT2D eigenvalue weighted by Crippen LogP contribution is -2.27. The number of aliphatic hydroxyl groups is 1. The zero-order valence-corrected chi connectivity index (χ0v) is 13.9. The minimum absolute atomic E-state index is 0.0793. The fraction of sp³-hybridized carbons (Fsp3) is 0.278. The van der Waals surface area contributed by atoms with Gasteiger partial charge < -0.3 is 10.2 Å². The molecule has 3 atom stereocenters. The first-order chi connectivity index (χ1) is 11.4. The van der Waals surface area contributed by atoms with E-state index in [2.05, 4.69) is 0 Å². The molecule has 1 fully saturated rings. The smallest absolute Gasteiger partial charge is 0.314 e. The largest absolute Gasteiger partial charge is 0.481 e. The predicted octanol–water partition coefficient (Wildman–Crippen LogP) is 2.00. The van der Waals surface area contributed by atoms with Crippen LogP contribution in [0.2, 0.25) is 0 Å². The highest BCUT2D eigenvalue weighted by Crippen LogP contribution is 2.63. The number of carbonyl (C=O) groups is 1. The molecule has 0 radical (unpaired) electrons. The van der Waals surface area contributed by atoms with Crippen LogP contribution in [0.5, 0.6) is 0 Å². The van der Waals surface area contributed by atoms with Crippen LogP contribution in [-0.2, 0) is 14.6 Å². The van der Waals surface area contributed by atoms with Crippen molar-refractivity contribution in [2.24, 2.45) is 5.41 Å². The Bertz CT molecular complexity index is 858. The molecule has 1 aliphatic rings. The van der Waals surface area contributed by atoms with Crippen molar-refractivity contribution in [3.05, 3.63) is 65.7 Å². The van der Waals surface area contributed by atoms with Gasteiger partial charge in [0.1, 0.15) is 5.41 Å². The quantitative estimate of drug-likeness (QED) is 0.864. The van der Waals surface area contributed by atoms with Gasteiger partial charge in [0, 0.05) is 5.92 Å². The summed E-state index contributed by atoms with van der Waals surface area (Å²) in [7, 11) is -3.89. The van der Waals surface area contributed by atoms with Gasteiger partial charge in [0.25, 0.3) is 0 Å². The van der Waals surface area contributed by atoms with E-state index in [1.54, 1.807) is 42.5 Å². The molecule has 5 nitrogen and oxygen atoms in total. The zero-order valence-electron chi connectivity index (χ0n) is 13.1. The van der Waals surface area contributed by atoms with Crippen LogP contribution in [0, 0.1) is 12.3 Å². The van der Waals surface area contributed by atoms with Gasteiger partial charge in [-0.15, -0.1) is 0 Å². The summed E-state index contributed by atoms with van der Waals surface area (Å²) in [5.41, 5.74) is -0.184. The van der Waals surface area contributed by atoms with Gasteiger partial charge in [-0.2, -0.15) is 0 Å². The molecule has 0 heterocycles. The van der Waals surface area contributed by atoms with Crippen molar-refractivity contribution in [3.8, 4) is 0 Å². The van der Waals surface area contributed by atoms with Crippen LogP contribution in [0.4, 0.5) is 0 Å². The third-order valence-corrected chi connectivity index (χ3v) is 7.05. The van der Waals surface area contributed by atoms with E-state index in [1.165, 1.54) is 12.1 Å². The maximum atomic E-state index is 13.0. The topological polar surface area (TPSA) is 91.7 Å². The van der Waals surface area contributed by atoms with Gasteiger partial charge in [-0.3, -0.25) is 4.79 Å². The molecule has 0 saturated heterocycles. The van der Waals surface area contributed by atoms with Gasteiger partial charge in [0.2, 0.25) is 0 Å². The van der Waals surface area contributed by atoms with Crippen LogP contribution in [0.1, 0.15) is 17.0 Å². The fourth-order valence-electron chi connectivity index (χ4n) is 3.38. The molecule has 0 spiro atoms. The molecule has 2 N–H and O–H groups in total. The first kappa shape index (κ1) is 16.7. The maximum Gasteiger partial charge on any atom is 0.314 e. The molecule has 0 bridgehead atoms. The average molecular weight is 346 g/mol. The van der Waals surface area contributed by atoms with Gasteiger partial charge >= 0.3 is 5.97 Å². The van der Waals surface area contributed by atoms with E-state index in [0.29, 0.717) is 5.56 Å². The van der Waals surface area contributed by atoms with Gasteiger partial charge in [0.05, 0.1) is 16.8 Å². The van der Waals surface area contributed by atoms with Crippen molar-refractivity contribution in [3.63, 3.8) is 0 Å². The molecule has 6 heteroatoms. The van der Waals surface area contributed by atoms with E-state index in [1.807, 2.05) is 6.92 Å². The minimum atomic E-state index is -3.89. The van der Waals surface area contributed by atoms with Crippen molar-refractivity contribution < 1.29 is 23.4 Å². The summed E-state index contributed by atoms with van der Waals surface area (Å²) in [5, 5.41) is 18.2. The predicted molar refractivity (Wildman–Crippen MR) is 88.5 cm³/mol. The van der Waals surface area contributed by atoms with Gasteiger partial charge in [0.15, 0.2) is 9.84 Å². The molecule has 24 heavy (non-hydrogen) atoms. The normalized spacial score (nSPS) is 26.1. The van der Waals surface area contributed by atoms with E-state index in [0.717, 1.165) is 5.56 Å². The lowest BCUT2D eigenvalue weighted by Gasteiger charge is -2.09. The Morgan fingerprint density at radius 1 is 1.08 bits per heavy atom. The Hall–Kier alpha value is -2.18. The molecule has 0 amide bonds. The molecule has 0 unspecified atom stereocenters. The van der Waals surface area contributed by atoms with E-state index in [9.17, 15) is 23.4 Å². The number of rotatable bonds is 5. The standard InChI is InChI=1S/C18H18O5S/c1-12-7-9-14(10-8-12)24(22,23)16-15(13-5-3-2-4-6-13)18(16,11-19)17(20)21/h2-10,15-16,19H,11H2,1H3,(H,20,21)/t15-,16+,18-/m1/s1. The Balaban J connectivity index is 2.11. The molecule has 126 valence electrons. The molecule has 1 saturated carbocycles. The average Bonchev–Trinajstić information content (AvgIpc) is 3.28. The summed E-state index contributed by atoms with van der Waals surface area (Å²) in [6.45, 7) is 1.12. The van der Waals surface area contributed by atoms with Crippen LogP contribution in [0.3, 0.4) is 0 Å². The third kappa shape index (κ3) is 2.34. The van der Waals surface area contributed by atoms with Crippen molar-refractivity contribution in [2.75, 3.05) is 6.61 Å². The number of aliphatic hydroxyl groups excluding tert-OH is 1. The maximum absolute atomic E-state index is 13.0. The van der Waals surface area contributed by atoms with Gasteiger partial charge in [-0.05, 0) is 24.6 Å². The van der Waals surface area contributed by atoms with Crippen LogP contribution in [0.25, 0.3) is 0 Å². The first-order valence-electron chi connectivity index (χ1n) is 7.55. The number of carboxylic acids is 1. The van der Waals surface area contributed by atoms with E-state index < -0.39 is 39.0 Å². The monoisotopic (exact) mass is 346 g/mol. The van der Waals surface area contributed by atoms with Crippen molar-refractivity contribution >= 4 is 15.8 Å². The zero-order chi connectivity index (χ0) is 17.5. The second-order valence-electron chi connectivity index (χ2n) is 6.17. The molecule has 0 aromatic heterocycles. The molecule has 2 aromatic rings. The number of hydrogen-bond donors (Lipinski definition) is 2. The van der Waals surface area contributed by atoms with E-state index in [-0.39, 0.29) is 4.90 Å². The second kappa shape index (κ2) is 5.72. The summed E-state index contributed by atoms with van der Waals surface area (Å²) in [5.74, 6) is -2.06. The van der Waals surface area contributed by atoms with Crippen molar-refractivity contribution in [1.82, 2.24) is 0 Å². The summed E-state index contributed by atoms with van der Waals surface area (Å²) >= 11 is 0. The second-order valence-corrected chi connectivity index (χ2v) is 8.24. The Labute approximate surface area is 140 Å². The van der Waals surface area contributed by atoms with Crippen molar-refractivity contribution in [1.29, 1.82) is 0 Å². The number of sulfone groups is 1. The molecule has 0 aliphatic heterocycles. The summed E-state index contributed by atoms with van der Waals surface area (Å²) in [4.78, 5) is 11.9. The van der Waals surface area contributed by atoms with Gasteiger partial charge in [-0.1, -0.05) is 48.0 Å². The van der Waals surface area contributed by atoms with Crippen LogP contribution in [-0.4, -0.2) is 36.5 Å². The minimum Gasteiger partial charge on any atom is -0.481 e. The fourth-order valence-corrected chi connectivity index (χ4v) is 5.74. The molecule has 3 rings (SSSR count). The number of aryl methyl sites for hydroxylation is 1. The number of aliphatic carboxylic acids is 1. The Kier molecular flexibility index (Phi) is 3.97. The highest BCUT2D eigenvalue weighted by Gasteiger charge is 2.75. The van der Waals surface area contributed by atoms with Gasteiger partial charge in [-0.25, -0.2) is 8.42 Å². The Morgan fingerprint density at radius 3 is 2.17 bits per heavy atom. The summed E-state index contributed by atoms with van der Waals surface area (Å²) < 4.78 is 26.0.